The summed E-state index contributed by atoms with van der Waals surface area (Å²) in [6.07, 6.45) is 3.78. The molecule has 0 radical (unpaired) electrons. The number of hydrogen-bond acceptors (Lipinski definition) is 7. The predicted molar refractivity (Wildman–Crippen MR) is 170 cm³/mol. The lowest BCUT2D eigenvalue weighted by atomic mass is 10.0. The van der Waals surface area contributed by atoms with Crippen LogP contribution in [0.4, 0.5) is 11.5 Å². The van der Waals surface area contributed by atoms with E-state index in [9.17, 15) is 8.42 Å². The van der Waals surface area contributed by atoms with Crippen molar-refractivity contribution in [3.63, 3.8) is 0 Å². The first-order valence-corrected chi connectivity index (χ1v) is 16.0. The lowest BCUT2D eigenvalue weighted by Gasteiger charge is -2.31. The number of fused-ring (bicyclic) bond motifs is 3. The largest absolute Gasteiger partial charge is 0.329 e. The van der Waals surface area contributed by atoms with Crippen molar-refractivity contribution in [2.24, 2.45) is 0 Å². The van der Waals surface area contributed by atoms with Crippen LogP contribution in [-0.4, -0.2) is 77.5 Å². The minimum absolute atomic E-state index is 0.328. The summed E-state index contributed by atoms with van der Waals surface area (Å²) >= 11 is 0. The Balaban J connectivity index is 0.00000173. The van der Waals surface area contributed by atoms with Crippen molar-refractivity contribution in [1.82, 2.24) is 28.8 Å². The van der Waals surface area contributed by atoms with Gasteiger partial charge >= 0.3 is 0 Å². The Hall–Kier alpha value is -3.86. The molecule has 1 aliphatic heterocycles. The van der Waals surface area contributed by atoms with E-state index in [0.29, 0.717) is 23.8 Å². The molecule has 6 rings (SSSR count). The second-order valence-electron chi connectivity index (χ2n) is 10.4. The number of likely N-dealkylation sites (N-methyl/N-ethyl adjacent to an activating group) is 1. The fourth-order valence-electron chi connectivity index (χ4n) is 5.31. The Morgan fingerprint density at radius 1 is 0.905 bits per heavy atom. The van der Waals surface area contributed by atoms with Gasteiger partial charge in [0.05, 0.1) is 10.4 Å². The Labute approximate surface area is 248 Å². The first-order chi connectivity index (χ1) is 20.3. The summed E-state index contributed by atoms with van der Waals surface area (Å²) in [6, 6.07) is 21.8. The molecule has 1 aliphatic rings. The zero-order valence-electron chi connectivity index (χ0n) is 25.0. The summed E-state index contributed by atoms with van der Waals surface area (Å²) in [5.74, 6) is 1.35. The normalized spacial score (nSPS) is 14.6. The third-order valence-corrected chi connectivity index (χ3v) is 9.59. The SMILES string of the molecule is CC.CCCc1ccc2c(N(C)c3cccc(-c4ccc(S(=O)(=O)N5CCN(C)CC5)cc4)c3)nc3nncn3c2c1. The molecular formula is C32H39N7O2S. The van der Waals surface area contributed by atoms with E-state index in [1.54, 1.807) is 22.8 Å². The molecule has 0 unspecified atom stereocenters. The Kier molecular flexibility index (Phi) is 8.86. The van der Waals surface area contributed by atoms with Crippen LogP contribution in [0.15, 0.2) is 78.0 Å². The van der Waals surface area contributed by atoms with E-state index >= 15 is 0 Å². The molecule has 0 amide bonds. The van der Waals surface area contributed by atoms with Crippen molar-refractivity contribution in [3.8, 4) is 11.1 Å². The number of rotatable bonds is 7. The molecule has 0 bridgehead atoms. The van der Waals surface area contributed by atoms with Gasteiger partial charge in [-0.1, -0.05) is 57.5 Å². The number of benzene rings is 3. The summed E-state index contributed by atoms with van der Waals surface area (Å²) in [5.41, 5.74) is 5.19. The van der Waals surface area contributed by atoms with Gasteiger partial charge < -0.3 is 9.80 Å². The minimum Gasteiger partial charge on any atom is -0.329 e. The van der Waals surface area contributed by atoms with Crippen molar-refractivity contribution >= 4 is 38.2 Å². The van der Waals surface area contributed by atoms with Crippen LogP contribution in [0, 0.1) is 0 Å². The van der Waals surface area contributed by atoms with E-state index < -0.39 is 10.0 Å². The Morgan fingerprint density at radius 2 is 1.64 bits per heavy atom. The van der Waals surface area contributed by atoms with Gasteiger partial charge in [0, 0.05) is 44.3 Å². The van der Waals surface area contributed by atoms with Crippen LogP contribution in [0.2, 0.25) is 0 Å². The van der Waals surface area contributed by atoms with Gasteiger partial charge in [-0.2, -0.15) is 9.29 Å². The lowest BCUT2D eigenvalue weighted by molar-refractivity contribution is 0.222. The van der Waals surface area contributed by atoms with Crippen molar-refractivity contribution in [3.05, 3.63) is 78.6 Å². The zero-order chi connectivity index (χ0) is 29.9. The number of aromatic nitrogens is 4. The maximum absolute atomic E-state index is 13.2. The molecule has 10 heteroatoms. The van der Waals surface area contributed by atoms with Gasteiger partial charge in [0.15, 0.2) is 0 Å². The highest BCUT2D eigenvalue weighted by molar-refractivity contribution is 7.89. The number of sulfonamides is 1. The van der Waals surface area contributed by atoms with E-state index in [0.717, 1.165) is 59.5 Å². The van der Waals surface area contributed by atoms with Gasteiger partial charge in [0.1, 0.15) is 12.1 Å². The monoisotopic (exact) mass is 585 g/mol. The van der Waals surface area contributed by atoms with Crippen LogP contribution in [0.3, 0.4) is 0 Å². The van der Waals surface area contributed by atoms with Crippen LogP contribution in [0.25, 0.3) is 27.8 Å². The van der Waals surface area contributed by atoms with E-state index in [1.165, 1.54) is 5.56 Å². The molecule has 1 fully saturated rings. The van der Waals surface area contributed by atoms with Crippen LogP contribution in [0.1, 0.15) is 32.8 Å². The summed E-state index contributed by atoms with van der Waals surface area (Å²) in [6.45, 7) is 8.69. The first kappa shape index (κ1) is 29.6. The molecule has 220 valence electrons. The molecule has 0 saturated carbocycles. The number of nitrogens with zero attached hydrogens (tertiary/aromatic N) is 7. The van der Waals surface area contributed by atoms with Crippen molar-refractivity contribution in [1.29, 1.82) is 0 Å². The van der Waals surface area contributed by atoms with Gasteiger partial charge in [0.2, 0.25) is 10.0 Å². The molecule has 3 heterocycles. The molecule has 0 N–H and O–H groups in total. The third kappa shape index (κ3) is 5.74. The molecule has 42 heavy (non-hydrogen) atoms. The highest BCUT2D eigenvalue weighted by Crippen LogP contribution is 2.33. The second kappa shape index (κ2) is 12.6. The second-order valence-corrected chi connectivity index (χ2v) is 12.3. The van der Waals surface area contributed by atoms with Crippen LogP contribution in [0.5, 0.6) is 0 Å². The molecule has 2 aromatic heterocycles. The van der Waals surface area contributed by atoms with Gasteiger partial charge in [-0.3, -0.25) is 4.40 Å². The molecule has 3 aromatic carbocycles. The van der Waals surface area contributed by atoms with Crippen molar-refractivity contribution < 1.29 is 8.42 Å². The summed E-state index contributed by atoms with van der Waals surface area (Å²) in [7, 11) is 0.507. The number of piperazine rings is 1. The van der Waals surface area contributed by atoms with E-state index in [1.807, 2.05) is 62.7 Å². The topological polar surface area (TPSA) is 86.9 Å². The fraction of sp³-hybridized carbons (Fsp3) is 0.344. The van der Waals surface area contributed by atoms with Crippen molar-refractivity contribution in [2.75, 3.05) is 45.2 Å². The smallest absolute Gasteiger partial charge is 0.257 e. The molecular weight excluding hydrogens is 546 g/mol. The van der Waals surface area contributed by atoms with Crippen LogP contribution < -0.4 is 4.90 Å². The molecule has 5 aromatic rings. The van der Waals surface area contributed by atoms with Crippen LogP contribution >= 0.6 is 0 Å². The Morgan fingerprint density at radius 3 is 2.36 bits per heavy atom. The quantitative estimate of drug-likeness (QED) is 0.245. The summed E-state index contributed by atoms with van der Waals surface area (Å²) in [5, 5.41) is 9.34. The van der Waals surface area contributed by atoms with E-state index in [4.69, 9.17) is 4.98 Å². The van der Waals surface area contributed by atoms with Crippen LogP contribution in [-0.2, 0) is 16.4 Å². The summed E-state index contributed by atoms with van der Waals surface area (Å²) in [4.78, 5) is 9.38. The van der Waals surface area contributed by atoms with Gasteiger partial charge in [-0.15, -0.1) is 10.2 Å². The molecule has 0 spiro atoms. The lowest BCUT2D eigenvalue weighted by Crippen LogP contribution is -2.46. The molecule has 0 aliphatic carbocycles. The third-order valence-electron chi connectivity index (χ3n) is 7.68. The highest BCUT2D eigenvalue weighted by Gasteiger charge is 2.27. The number of hydrogen-bond donors (Lipinski definition) is 0. The molecule has 1 saturated heterocycles. The standard InChI is InChI=1S/C30H33N7O2S.C2H6/c1-4-6-22-9-14-27-28(19-22)37-21-31-33-30(37)32-29(27)35(3)25-8-5-7-24(20-25)23-10-12-26(13-11-23)40(38,39)36-17-15-34(2)16-18-36;1-2/h5,7-14,19-21H,4,6,15-18H2,1-3H3;1-2H3. The number of aryl methyl sites for hydroxylation is 1. The fourth-order valence-corrected chi connectivity index (χ4v) is 6.73. The van der Waals surface area contributed by atoms with E-state index in [-0.39, 0.29) is 0 Å². The Bertz CT molecular complexity index is 1780. The first-order valence-electron chi connectivity index (χ1n) is 14.6. The minimum atomic E-state index is -3.51. The van der Waals surface area contributed by atoms with Gasteiger partial charge in [-0.05, 0) is 66.6 Å². The molecule has 9 nitrogen and oxygen atoms in total. The zero-order valence-corrected chi connectivity index (χ0v) is 25.8. The highest BCUT2D eigenvalue weighted by atomic mass is 32.2. The average Bonchev–Trinajstić information content (AvgIpc) is 3.51. The van der Waals surface area contributed by atoms with Gasteiger partial charge in [-0.25, -0.2) is 8.42 Å². The maximum atomic E-state index is 13.2. The molecule has 0 atom stereocenters. The van der Waals surface area contributed by atoms with Crippen molar-refractivity contribution in [2.45, 2.75) is 38.5 Å². The number of anilines is 2. The maximum Gasteiger partial charge on any atom is 0.257 e. The van der Waals surface area contributed by atoms with E-state index in [2.05, 4.69) is 51.2 Å². The predicted octanol–water partition coefficient (Wildman–Crippen LogP) is 5.63. The summed E-state index contributed by atoms with van der Waals surface area (Å²) < 4.78 is 29.8. The average molecular weight is 586 g/mol. The van der Waals surface area contributed by atoms with Gasteiger partial charge in [0.25, 0.3) is 5.78 Å².